The molecule has 0 aliphatic heterocycles. The minimum Gasteiger partial charge on any atom is -0.253 e. The van der Waals surface area contributed by atoms with Crippen molar-refractivity contribution in [1.82, 2.24) is 9.78 Å². The lowest BCUT2D eigenvalue weighted by molar-refractivity contribution is 0.627. The Labute approximate surface area is 82.9 Å². The summed E-state index contributed by atoms with van der Waals surface area (Å²) < 4.78 is 1.67. The molecule has 13 heavy (non-hydrogen) atoms. The first-order valence-corrected chi connectivity index (χ1v) is 4.62. The molecule has 1 rings (SSSR count). The summed E-state index contributed by atoms with van der Waals surface area (Å²) in [6.07, 6.45) is 2.21. The van der Waals surface area contributed by atoms with E-state index < -0.39 is 0 Å². The van der Waals surface area contributed by atoms with Gasteiger partial charge in [-0.05, 0) is 5.92 Å². The number of halogens is 1. The molecule has 0 saturated heterocycles. The molecule has 0 saturated carbocycles. The first-order valence-electron chi connectivity index (χ1n) is 4.25. The molecule has 0 fully saturated rings. The molecule has 0 spiro atoms. The Hall–Kier alpha value is -1.01. The van der Waals surface area contributed by atoms with Crippen molar-refractivity contribution < 1.29 is 0 Å². The molecule has 0 radical (unpaired) electrons. The zero-order valence-corrected chi connectivity index (χ0v) is 8.54. The Kier molecular flexibility index (Phi) is 3.32. The van der Waals surface area contributed by atoms with Gasteiger partial charge < -0.3 is 0 Å². The van der Waals surface area contributed by atoms with Crippen molar-refractivity contribution in [3.8, 4) is 6.07 Å². The van der Waals surface area contributed by atoms with Crippen LogP contribution < -0.4 is 0 Å². The third-order valence-electron chi connectivity index (χ3n) is 1.86. The molecule has 1 aromatic heterocycles. The van der Waals surface area contributed by atoms with Crippen molar-refractivity contribution in [3.05, 3.63) is 16.9 Å². The molecule has 0 unspecified atom stereocenters. The van der Waals surface area contributed by atoms with E-state index in [0.29, 0.717) is 24.0 Å². The fraction of sp³-hybridized carbons (Fsp3) is 0.556. The molecule has 0 bridgehead atoms. The summed E-state index contributed by atoms with van der Waals surface area (Å²) in [4.78, 5) is 0. The Morgan fingerprint density at radius 2 is 2.38 bits per heavy atom. The Balaban J connectivity index is 2.81. The van der Waals surface area contributed by atoms with Gasteiger partial charge in [-0.3, -0.25) is 4.68 Å². The van der Waals surface area contributed by atoms with Crippen LogP contribution in [0, 0.1) is 11.3 Å². The van der Waals surface area contributed by atoms with Gasteiger partial charge in [-0.1, -0.05) is 25.4 Å². The summed E-state index contributed by atoms with van der Waals surface area (Å²) >= 11 is 6.05. The number of aryl methyl sites for hydroxylation is 1. The van der Waals surface area contributed by atoms with Crippen LogP contribution in [0.3, 0.4) is 0 Å². The molecular weight excluding hydrogens is 186 g/mol. The number of aromatic nitrogens is 2. The van der Waals surface area contributed by atoms with Crippen LogP contribution in [0.2, 0.25) is 5.15 Å². The maximum absolute atomic E-state index is 8.40. The van der Waals surface area contributed by atoms with Gasteiger partial charge in [0.05, 0.1) is 25.2 Å². The molecule has 1 heterocycles. The molecule has 0 aliphatic rings. The molecule has 0 N–H and O–H groups in total. The van der Waals surface area contributed by atoms with E-state index in [1.54, 1.807) is 10.9 Å². The van der Waals surface area contributed by atoms with Crippen molar-refractivity contribution in [2.75, 3.05) is 0 Å². The first kappa shape index (κ1) is 10.1. The van der Waals surface area contributed by atoms with Gasteiger partial charge in [0.25, 0.3) is 0 Å². The van der Waals surface area contributed by atoms with Crippen LogP contribution >= 0.6 is 11.6 Å². The van der Waals surface area contributed by atoms with E-state index >= 15 is 0 Å². The lowest BCUT2D eigenvalue weighted by atomic mass is 10.1. The third-order valence-corrected chi connectivity index (χ3v) is 2.27. The van der Waals surface area contributed by atoms with Gasteiger partial charge in [0.15, 0.2) is 0 Å². The minimum absolute atomic E-state index is 0.378. The van der Waals surface area contributed by atoms with Gasteiger partial charge in [-0.2, -0.15) is 10.4 Å². The lowest BCUT2D eigenvalue weighted by Crippen LogP contribution is -1.99. The number of hydrogen-bond acceptors (Lipinski definition) is 2. The van der Waals surface area contributed by atoms with Gasteiger partial charge in [0.1, 0.15) is 5.15 Å². The fourth-order valence-electron chi connectivity index (χ4n) is 1.08. The average molecular weight is 198 g/mol. The summed E-state index contributed by atoms with van der Waals surface area (Å²) in [7, 11) is 0. The van der Waals surface area contributed by atoms with Gasteiger partial charge in [-0.15, -0.1) is 0 Å². The quantitative estimate of drug-likeness (QED) is 0.748. The molecule has 3 nitrogen and oxygen atoms in total. The van der Waals surface area contributed by atoms with Gasteiger partial charge in [0.2, 0.25) is 0 Å². The van der Waals surface area contributed by atoms with Crippen LogP contribution in [0.15, 0.2) is 6.20 Å². The van der Waals surface area contributed by atoms with Gasteiger partial charge in [0, 0.05) is 5.56 Å². The predicted molar refractivity (Wildman–Crippen MR) is 51.6 cm³/mol. The minimum atomic E-state index is 0.378. The SMILES string of the molecule is CC(C)c1cnn(CCC#N)c1Cl. The third kappa shape index (κ3) is 2.22. The standard InChI is InChI=1S/C9H12ClN3/c1-7(2)8-6-12-13(9(8)10)5-3-4-11/h6-7H,3,5H2,1-2H3. The normalized spacial score (nSPS) is 10.4. The second-order valence-corrected chi connectivity index (χ2v) is 3.53. The zero-order valence-electron chi connectivity index (χ0n) is 7.79. The molecule has 0 amide bonds. The van der Waals surface area contributed by atoms with E-state index in [1.165, 1.54) is 0 Å². The van der Waals surface area contributed by atoms with E-state index in [1.807, 2.05) is 0 Å². The summed E-state index contributed by atoms with van der Waals surface area (Å²) in [6, 6.07) is 2.06. The van der Waals surface area contributed by atoms with Crippen LogP contribution in [-0.4, -0.2) is 9.78 Å². The van der Waals surface area contributed by atoms with E-state index in [2.05, 4.69) is 25.0 Å². The van der Waals surface area contributed by atoms with E-state index in [-0.39, 0.29) is 0 Å². The highest BCUT2D eigenvalue weighted by molar-refractivity contribution is 6.30. The van der Waals surface area contributed by atoms with E-state index in [0.717, 1.165) is 5.56 Å². The van der Waals surface area contributed by atoms with Crippen LogP contribution in [-0.2, 0) is 6.54 Å². The van der Waals surface area contributed by atoms with Crippen molar-refractivity contribution in [1.29, 1.82) is 5.26 Å². The van der Waals surface area contributed by atoms with Crippen LogP contribution in [0.25, 0.3) is 0 Å². The number of nitriles is 1. The zero-order chi connectivity index (χ0) is 9.84. The van der Waals surface area contributed by atoms with E-state index in [4.69, 9.17) is 16.9 Å². The Bertz CT molecular complexity index is 322. The Morgan fingerprint density at radius 3 is 2.85 bits per heavy atom. The highest BCUT2D eigenvalue weighted by Crippen LogP contribution is 2.23. The van der Waals surface area contributed by atoms with Crippen LogP contribution in [0.1, 0.15) is 31.7 Å². The molecule has 1 aromatic rings. The second-order valence-electron chi connectivity index (χ2n) is 3.18. The van der Waals surface area contributed by atoms with Crippen LogP contribution in [0.4, 0.5) is 0 Å². The maximum atomic E-state index is 8.40. The number of rotatable bonds is 3. The predicted octanol–water partition coefficient (Wildman–Crippen LogP) is 2.57. The summed E-state index contributed by atoms with van der Waals surface area (Å²) in [5.74, 6) is 0.378. The van der Waals surface area contributed by atoms with Crippen molar-refractivity contribution >= 4 is 11.6 Å². The lowest BCUT2D eigenvalue weighted by Gasteiger charge is -2.02. The van der Waals surface area contributed by atoms with Crippen molar-refractivity contribution in [2.45, 2.75) is 32.7 Å². The largest absolute Gasteiger partial charge is 0.253 e. The maximum Gasteiger partial charge on any atom is 0.130 e. The molecular formula is C9H12ClN3. The topological polar surface area (TPSA) is 41.6 Å². The van der Waals surface area contributed by atoms with Gasteiger partial charge in [-0.25, -0.2) is 0 Å². The van der Waals surface area contributed by atoms with E-state index in [9.17, 15) is 0 Å². The fourth-order valence-corrected chi connectivity index (χ4v) is 1.48. The van der Waals surface area contributed by atoms with Crippen LogP contribution in [0.5, 0.6) is 0 Å². The highest BCUT2D eigenvalue weighted by Gasteiger charge is 2.10. The van der Waals surface area contributed by atoms with Gasteiger partial charge >= 0.3 is 0 Å². The monoisotopic (exact) mass is 197 g/mol. The molecule has 0 aromatic carbocycles. The van der Waals surface area contributed by atoms with Crippen molar-refractivity contribution in [2.24, 2.45) is 0 Å². The first-order chi connectivity index (χ1) is 6.16. The molecule has 0 atom stereocenters. The molecule has 4 heteroatoms. The summed E-state index contributed by atoms with van der Waals surface area (Å²) in [5, 5.41) is 13.2. The summed E-state index contributed by atoms with van der Waals surface area (Å²) in [6.45, 7) is 4.71. The smallest absolute Gasteiger partial charge is 0.130 e. The number of hydrogen-bond donors (Lipinski definition) is 0. The molecule has 0 aliphatic carbocycles. The highest BCUT2D eigenvalue weighted by atomic mass is 35.5. The number of nitrogens with zero attached hydrogens (tertiary/aromatic N) is 3. The average Bonchev–Trinajstić information content (AvgIpc) is 2.43. The Morgan fingerprint density at radius 1 is 1.69 bits per heavy atom. The second kappa shape index (κ2) is 4.29. The molecule has 70 valence electrons. The summed E-state index contributed by atoms with van der Waals surface area (Å²) in [5.41, 5.74) is 1.04. The van der Waals surface area contributed by atoms with Crippen molar-refractivity contribution in [3.63, 3.8) is 0 Å².